The molecule has 1 fully saturated rings. The monoisotopic (exact) mass is 286 g/mol. The lowest BCUT2D eigenvalue weighted by molar-refractivity contribution is -0.383. The van der Waals surface area contributed by atoms with E-state index in [0.29, 0.717) is 17.3 Å². The van der Waals surface area contributed by atoms with E-state index in [9.17, 15) is 10.1 Å². The number of anilines is 1. The Bertz CT molecular complexity index is 461. The molecule has 2 rings (SSSR count). The minimum Gasteiger partial charge on any atom is -0.377 e. The highest BCUT2D eigenvalue weighted by Crippen LogP contribution is 2.39. The van der Waals surface area contributed by atoms with Crippen LogP contribution in [0.4, 0.5) is 11.4 Å². The summed E-state index contributed by atoms with van der Waals surface area (Å²) < 4.78 is 0.146. The van der Waals surface area contributed by atoms with E-state index < -0.39 is 4.92 Å². The number of nitro groups is 1. The fraction of sp³-hybridized carbons (Fsp3) is 0.500. The van der Waals surface area contributed by atoms with Crippen LogP contribution in [0.3, 0.4) is 0 Å². The third-order valence-electron chi connectivity index (χ3n) is 3.13. The van der Waals surface area contributed by atoms with Gasteiger partial charge in [0.1, 0.15) is 5.69 Å². The standard InChI is InChI=1S/C12H15ClN2O2S/c1-12(6-3-7-18-12)8-14-11-9(13)4-2-5-10(11)15(16)17/h2,4-5,14H,3,6-8H2,1H3. The van der Waals surface area contributed by atoms with Crippen molar-refractivity contribution >= 4 is 34.7 Å². The number of rotatable bonds is 4. The zero-order chi connectivity index (χ0) is 13.2. The summed E-state index contributed by atoms with van der Waals surface area (Å²) in [5, 5.41) is 14.5. The van der Waals surface area contributed by atoms with Crippen LogP contribution in [0.25, 0.3) is 0 Å². The average molecular weight is 287 g/mol. The minimum absolute atomic E-state index is 0.0362. The van der Waals surface area contributed by atoms with E-state index in [1.807, 2.05) is 11.8 Å². The lowest BCUT2D eigenvalue weighted by Crippen LogP contribution is -2.27. The quantitative estimate of drug-likeness (QED) is 0.673. The maximum absolute atomic E-state index is 11.0. The number of nitrogens with one attached hydrogen (secondary N) is 1. The first kappa shape index (κ1) is 13.5. The largest absolute Gasteiger partial charge is 0.377 e. The molecule has 1 aromatic carbocycles. The maximum Gasteiger partial charge on any atom is 0.293 e. The first-order valence-electron chi connectivity index (χ1n) is 5.83. The highest BCUT2D eigenvalue weighted by Gasteiger charge is 2.30. The fourth-order valence-corrected chi connectivity index (χ4v) is 3.57. The molecule has 0 bridgehead atoms. The zero-order valence-corrected chi connectivity index (χ0v) is 11.7. The molecule has 0 saturated carbocycles. The molecule has 1 saturated heterocycles. The van der Waals surface area contributed by atoms with Gasteiger partial charge in [-0.1, -0.05) is 17.7 Å². The van der Waals surface area contributed by atoms with E-state index >= 15 is 0 Å². The maximum atomic E-state index is 11.0. The van der Waals surface area contributed by atoms with E-state index in [4.69, 9.17) is 11.6 Å². The Balaban J connectivity index is 2.15. The SMILES string of the molecule is CC1(CNc2c(Cl)cccc2[N+](=O)[O-])CCCS1. The van der Waals surface area contributed by atoms with Crippen molar-refractivity contribution in [2.24, 2.45) is 0 Å². The topological polar surface area (TPSA) is 55.2 Å². The van der Waals surface area contributed by atoms with E-state index in [1.165, 1.54) is 12.5 Å². The predicted octanol–water partition coefficient (Wildman–Crippen LogP) is 3.95. The van der Waals surface area contributed by atoms with Gasteiger partial charge in [-0.05, 0) is 31.6 Å². The number of para-hydroxylation sites is 1. The van der Waals surface area contributed by atoms with Crippen molar-refractivity contribution in [3.05, 3.63) is 33.3 Å². The van der Waals surface area contributed by atoms with Gasteiger partial charge >= 0.3 is 0 Å². The molecule has 98 valence electrons. The Kier molecular flexibility index (Phi) is 4.02. The van der Waals surface area contributed by atoms with Crippen molar-refractivity contribution in [1.29, 1.82) is 0 Å². The van der Waals surface area contributed by atoms with Crippen LogP contribution in [-0.4, -0.2) is 22.0 Å². The second kappa shape index (κ2) is 5.36. The lowest BCUT2D eigenvalue weighted by Gasteiger charge is -2.23. The average Bonchev–Trinajstić information content (AvgIpc) is 2.74. The molecule has 1 aliphatic rings. The summed E-state index contributed by atoms with van der Waals surface area (Å²) in [4.78, 5) is 10.5. The Morgan fingerprint density at radius 1 is 1.61 bits per heavy atom. The highest BCUT2D eigenvalue weighted by molar-refractivity contribution is 8.00. The van der Waals surface area contributed by atoms with Crippen LogP contribution in [-0.2, 0) is 0 Å². The zero-order valence-electron chi connectivity index (χ0n) is 10.1. The molecule has 1 unspecified atom stereocenters. The summed E-state index contributed by atoms with van der Waals surface area (Å²) >= 11 is 7.94. The van der Waals surface area contributed by atoms with Gasteiger partial charge in [0.05, 0.1) is 9.95 Å². The van der Waals surface area contributed by atoms with Gasteiger partial charge in [0.25, 0.3) is 5.69 Å². The number of thioether (sulfide) groups is 1. The molecule has 0 aromatic heterocycles. The summed E-state index contributed by atoms with van der Waals surface area (Å²) in [6.45, 7) is 2.88. The van der Waals surface area contributed by atoms with Crippen LogP contribution >= 0.6 is 23.4 Å². The van der Waals surface area contributed by atoms with Crippen molar-refractivity contribution in [2.75, 3.05) is 17.6 Å². The third-order valence-corrected chi connectivity index (χ3v) is 4.98. The Labute approximate surface area is 115 Å². The van der Waals surface area contributed by atoms with Crippen LogP contribution in [0.15, 0.2) is 18.2 Å². The normalized spacial score (nSPS) is 23.0. The molecular formula is C12H15ClN2O2S. The summed E-state index contributed by atoms with van der Waals surface area (Å²) in [5.41, 5.74) is 0.465. The van der Waals surface area contributed by atoms with Crippen LogP contribution in [0.5, 0.6) is 0 Å². The van der Waals surface area contributed by atoms with Gasteiger partial charge < -0.3 is 5.32 Å². The van der Waals surface area contributed by atoms with Crippen molar-refractivity contribution in [3.8, 4) is 0 Å². The first-order valence-corrected chi connectivity index (χ1v) is 7.19. The number of nitrogens with zero attached hydrogens (tertiary/aromatic N) is 1. The molecule has 0 spiro atoms. The van der Waals surface area contributed by atoms with E-state index in [2.05, 4.69) is 12.2 Å². The van der Waals surface area contributed by atoms with E-state index in [-0.39, 0.29) is 10.4 Å². The molecule has 1 aliphatic heterocycles. The number of hydrogen-bond donors (Lipinski definition) is 1. The Hall–Kier alpha value is -0.940. The van der Waals surface area contributed by atoms with E-state index in [0.717, 1.165) is 12.2 Å². The van der Waals surface area contributed by atoms with Gasteiger partial charge in [-0.15, -0.1) is 0 Å². The molecule has 0 amide bonds. The van der Waals surface area contributed by atoms with Gasteiger partial charge in [0, 0.05) is 17.4 Å². The molecule has 1 heterocycles. The van der Waals surface area contributed by atoms with Crippen molar-refractivity contribution < 1.29 is 4.92 Å². The fourth-order valence-electron chi connectivity index (χ4n) is 2.09. The van der Waals surface area contributed by atoms with Crippen molar-refractivity contribution in [3.63, 3.8) is 0 Å². The molecule has 6 heteroatoms. The molecule has 0 aliphatic carbocycles. The summed E-state index contributed by atoms with van der Waals surface area (Å²) in [6.07, 6.45) is 2.33. The van der Waals surface area contributed by atoms with Crippen LogP contribution in [0.1, 0.15) is 19.8 Å². The molecule has 0 radical (unpaired) electrons. The number of nitro benzene ring substituents is 1. The number of hydrogen-bond acceptors (Lipinski definition) is 4. The second-order valence-electron chi connectivity index (χ2n) is 4.65. The number of halogens is 1. The summed E-state index contributed by atoms with van der Waals surface area (Å²) in [6, 6.07) is 4.73. The summed E-state index contributed by atoms with van der Waals surface area (Å²) in [7, 11) is 0. The highest BCUT2D eigenvalue weighted by atomic mass is 35.5. The van der Waals surface area contributed by atoms with Crippen molar-refractivity contribution in [1.82, 2.24) is 0 Å². The minimum atomic E-state index is -0.404. The van der Waals surface area contributed by atoms with Gasteiger partial charge in [-0.3, -0.25) is 10.1 Å². The Morgan fingerprint density at radius 2 is 2.39 bits per heavy atom. The van der Waals surface area contributed by atoms with Gasteiger partial charge in [-0.2, -0.15) is 11.8 Å². The molecule has 1 N–H and O–H groups in total. The predicted molar refractivity (Wildman–Crippen MR) is 76.7 cm³/mol. The van der Waals surface area contributed by atoms with Crippen LogP contribution < -0.4 is 5.32 Å². The summed E-state index contributed by atoms with van der Waals surface area (Å²) in [5.74, 6) is 1.16. The third kappa shape index (κ3) is 2.90. The lowest BCUT2D eigenvalue weighted by atomic mass is 10.1. The smallest absolute Gasteiger partial charge is 0.293 e. The molecule has 18 heavy (non-hydrogen) atoms. The van der Waals surface area contributed by atoms with Crippen LogP contribution in [0, 0.1) is 10.1 Å². The van der Waals surface area contributed by atoms with Gasteiger partial charge in [0.15, 0.2) is 0 Å². The number of benzene rings is 1. The van der Waals surface area contributed by atoms with E-state index in [1.54, 1.807) is 12.1 Å². The van der Waals surface area contributed by atoms with Crippen LogP contribution in [0.2, 0.25) is 5.02 Å². The molecule has 4 nitrogen and oxygen atoms in total. The molecule has 1 aromatic rings. The van der Waals surface area contributed by atoms with Gasteiger partial charge in [-0.25, -0.2) is 0 Å². The second-order valence-corrected chi connectivity index (χ2v) is 6.74. The molecular weight excluding hydrogens is 272 g/mol. The van der Waals surface area contributed by atoms with Crippen molar-refractivity contribution in [2.45, 2.75) is 24.5 Å². The molecule has 1 atom stereocenters. The Morgan fingerprint density at radius 3 is 3.00 bits per heavy atom. The van der Waals surface area contributed by atoms with Gasteiger partial charge in [0.2, 0.25) is 0 Å². The first-order chi connectivity index (χ1) is 8.52.